The van der Waals surface area contributed by atoms with Crippen molar-refractivity contribution in [2.45, 2.75) is 36.1 Å². The first-order valence-electron chi connectivity index (χ1n) is 12.2. The van der Waals surface area contributed by atoms with Crippen LogP contribution in [0.25, 0.3) is 11.3 Å². The number of aromatic nitrogens is 4. The third-order valence-corrected chi connectivity index (χ3v) is 8.18. The second-order valence-electron chi connectivity index (χ2n) is 9.21. The molecule has 1 amide bonds. The van der Waals surface area contributed by atoms with Crippen molar-refractivity contribution in [3.8, 4) is 11.3 Å². The molecule has 0 bridgehead atoms. The summed E-state index contributed by atoms with van der Waals surface area (Å²) >= 11 is 1.81. The lowest BCUT2D eigenvalue weighted by Gasteiger charge is -2.34. The van der Waals surface area contributed by atoms with Gasteiger partial charge >= 0.3 is 0 Å². The minimum Gasteiger partial charge on any atom is -0.378 e. The molecule has 2 fully saturated rings. The van der Waals surface area contributed by atoms with Gasteiger partial charge in [0.25, 0.3) is 5.91 Å². The van der Waals surface area contributed by atoms with Crippen LogP contribution in [-0.2, 0) is 17.0 Å². The molecule has 3 aliphatic heterocycles. The summed E-state index contributed by atoms with van der Waals surface area (Å²) in [6.07, 6.45) is 7.94. The van der Waals surface area contributed by atoms with E-state index in [0.29, 0.717) is 32.0 Å². The zero-order valence-electron chi connectivity index (χ0n) is 19.3. The van der Waals surface area contributed by atoms with Gasteiger partial charge in [0.05, 0.1) is 31.3 Å². The number of hydrogen-bond donors (Lipinski definition) is 0. The van der Waals surface area contributed by atoms with Gasteiger partial charge in [0.1, 0.15) is 0 Å². The quantitative estimate of drug-likeness (QED) is 0.561. The highest BCUT2D eigenvalue weighted by molar-refractivity contribution is 7.98. The van der Waals surface area contributed by atoms with Crippen LogP contribution in [0.1, 0.15) is 34.9 Å². The Hall–Kier alpha value is -2.62. The van der Waals surface area contributed by atoms with Gasteiger partial charge < -0.3 is 14.2 Å². The summed E-state index contributed by atoms with van der Waals surface area (Å²) in [6, 6.07) is 8.81. The molecule has 34 heavy (non-hydrogen) atoms. The Morgan fingerprint density at radius 2 is 2.03 bits per heavy atom. The third kappa shape index (κ3) is 4.16. The first kappa shape index (κ1) is 21.9. The van der Waals surface area contributed by atoms with Crippen molar-refractivity contribution in [1.29, 1.82) is 0 Å². The molecule has 0 N–H and O–H groups in total. The number of fused-ring (bicyclic) bond motifs is 3. The minimum absolute atomic E-state index is 0.0473. The Morgan fingerprint density at radius 3 is 2.88 bits per heavy atom. The number of likely N-dealkylation sites (tertiary alicyclic amines) is 1. The van der Waals surface area contributed by atoms with Crippen LogP contribution in [0.5, 0.6) is 0 Å². The van der Waals surface area contributed by atoms with E-state index >= 15 is 0 Å². The van der Waals surface area contributed by atoms with Crippen LogP contribution in [0, 0.1) is 0 Å². The van der Waals surface area contributed by atoms with Gasteiger partial charge in [0.15, 0.2) is 5.69 Å². The second-order valence-corrected chi connectivity index (χ2v) is 10.2. The van der Waals surface area contributed by atoms with Crippen molar-refractivity contribution < 1.29 is 9.53 Å². The van der Waals surface area contributed by atoms with Gasteiger partial charge in [0, 0.05) is 66.9 Å². The number of rotatable bonds is 5. The maximum Gasteiger partial charge on any atom is 0.274 e. The fourth-order valence-corrected chi connectivity index (χ4v) is 6.36. The van der Waals surface area contributed by atoms with E-state index < -0.39 is 0 Å². The Balaban J connectivity index is 1.32. The summed E-state index contributed by atoms with van der Waals surface area (Å²) in [7, 11) is 0. The molecule has 0 saturated carbocycles. The van der Waals surface area contributed by atoms with Crippen LogP contribution >= 0.6 is 11.8 Å². The van der Waals surface area contributed by atoms with Gasteiger partial charge in [-0.15, -0.1) is 11.8 Å². The van der Waals surface area contributed by atoms with E-state index in [1.165, 1.54) is 10.5 Å². The molecule has 0 aliphatic carbocycles. The van der Waals surface area contributed by atoms with Gasteiger partial charge in [-0.2, -0.15) is 5.10 Å². The van der Waals surface area contributed by atoms with E-state index in [2.05, 4.69) is 43.4 Å². The molecule has 0 spiro atoms. The number of morpholine rings is 1. The topological polar surface area (TPSA) is 68.4 Å². The predicted octanol–water partition coefficient (Wildman–Crippen LogP) is 3.16. The number of piperidine rings is 1. The van der Waals surface area contributed by atoms with Gasteiger partial charge in [-0.3, -0.25) is 14.4 Å². The van der Waals surface area contributed by atoms with E-state index in [1.54, 1.807) is 0 Å². The zero-order valence-corrected chi connectivity index (χ0v) is 20.1. The van der Waals surface area contributed by atoms with Gasteiger partial charge in [-0.25, -0.2) is 4.98 Å². The molecule has 0 unspecified atom stereocenters. The summed E-state index contributed by atoms with van der Waals surface area (Å²) in [4.78, 5) is 23.4. The van der Waals surface area contributed by atoms with E-state index in [9.17, 15) is 4.79 Å². The molecule has 5 heterocycles. The SMILES string of the molecule is O=C(c1nn([C@@H]2CCCN(CCn3ccnc3)C2)c2c1CSc1ccccc1-2)N1CCOCC1. The number of benzene rings is 1. The monoisotopic (exact) mass is 478 g/mol. The highest BCUT2D eigenvalue weighted by Gasteiger charge is 2.34. The standard InChI is InChI=1S/C25H30N6O2S/c32-25(30-12-14-33-15-13-30)23-21-17-34-22-6-2-1-5-20(22)24(21)31(27-23)19-4-3-8-28(16-19)10-11-29-9-7-26-18-29/h1-2,5-7,9,18-19H,3-4,8,10-17H2/t19-/m1/s1. The number of amides is 1. The van der Waals surface area contributed by atoms with Crippen LogP contribution in [-0.4, -0.2) is 81.0 Å². The minimum atomic E-state index is 0.0473. The summed E-state index contributed by atoms with van der Waals surface area (Å²) in [5.74, 6) is 0.834. The molecule has 0 radical (unpaired) electrons. The number of thioether (sulfide) groups is 1. The second kappa shape index (κ2) is 9.56. The molecule has 6 rings (SSSR count). The predicted molar refractivity (Wildman–Crippen MR) is 131 cm³/mol. The largest absolute Gasteiger partial charge is 0.378 e. The van der Waals surface area contributed by atoms with Gasteiger partial charge in [-0.1, -0.05) is 18.2 Å². The van der Waals surface area contributed by atoms with E-state index in [1.807, 2.05) is 35.4 Å². The summed E-state index contributed by atoms with van der Waals surface area (Å²) in [5, 5.41) is 5.06. The van der Waals surface area contributed by atoms with E-state index in [4.69, 9.17) is 9.84 Å². The number of imidazole rings is 1. The zero-order chi connectivity index (χ0) is 22.9. The Labute approximate surface area is 203 Å². The molecule has 2 saturated heterocycles. The molecular formula is C25H30N6O2S. The average molecular weight is 479 g/mol. The number of hydrogen-bond acceptors (Lipinski definition) is 6. The van der Waals surface area contributed by atoms with Crippen LogP contribution in [0.4, 0.5) is 0 Å². The molecule has 2 aromatic heterocycles. The Bertz CT molecular complexity index is 1150. The lowest BCUT2D eigenvalue weighted by Crippen LogP contribution is -2.41. The third-order valence-electron chi connectivity index (χ3n) is 7.08. The molecule has 9 heteroatoms. The molecule has 3 aromatic rings. The highest BCUT2D eigenvalue weighted by atomic mass is 32.2. The van der Waals surface area contributed by atoms with Crippen molar-refractivity contribution >= 4 is 17.7 Å². The van der Waals surface area contributed by atoms with Crippen molar-refractivity contribution in [3.05, 3.63) is 54.2 Å². The number of carbonyl (C=O) groups is 1. The fraction of sp³-hybridized carbons (Fsp3) is 0.480. The highest BCUT2D eigenvalue weighted by Crippen LogP contribution is 2.44. The molecule has 8 nitrogen and oxygen atoms in total. The van der Waals surface area contributed by atoms with E-state index in [-0.39, 0.29) is 11.9 Å². The number of nitrogens with zero attached hydrogens (tertiary/aromatic N) is 6. The molecule has 178 valence electrons. The molecular weight excluding hydrogens is 448 g/mol. The van der Waals surface area contributed by atoms with Crippen molar-refractivity contribution in [1.82, 2.24) is 29.1 Å². The smallest absolute Gasteiger partial charge is 0.274 e. The first-order chi connectivity index (χ1) is 16.8. The van der Waals surface area contributed by atoms with Crippen LogP contribution < -0.4 is 0 Å². The number of carbonyl (C=O) groups excluding carboxylic acids is 1. The fourth-order valence-electron chi connectivity index (χ4n) is 5.29. The average Bonchev–Trinajstić information content (AvgIpc) is 3.56. The molecule has 1 aromatic carbocycles. The van der Waals surface area contributed by atoms with Crippen molar-refractivity contribution in [3.63, 3.8) is 0 Å². The van der Waals surface area contributed by atoms with Crippen LogP contribution in [0.15, 0.2) is 47.9 Å². The normalized spacial score (nSPS) is 20.7. The summed E-state index contributed by atoms with van der Waals surface area (Å²) in [5.41, 5.74) is 4.08. The Kier molecular flexibility index (Phi) is 6.15. The maximum absolute atomic E-state index is 13.5. The summed E-state index contributed by atoms with van der Waals surface area (Å²) < 4.78 is 9.80. The van der Waals surface area contributed by atoms with Crippen LogP contribution in [0.3, 0.4) is 0 Å². The lowest BCUT2D eigenvalue weighted by atomic mass is 10.0. The first-order valence-corrected chi connectivity index (χ1v) is 13.1. The summed E-state index contributed by atoms with van der Waals surface area (Å²) in [6.45, 7) is 6.43. The Morgan fingerprint density at radius 1 is 1.15 bits per heavy atom. The van der Waals surface area contributed by atoms with Gasteiger partial charge in [-0.05, 0) is 25.5 Å². The van der Waals surface area contributed by atoms with Crippen LogP contribution in [0.2, 0.25) is 0 Å². The molecule has 1 atom stereocenters. The number of ether oxygens (including phenoxy) is 1. The van der Waals surface area contributed by atoms with E-state index in [0.717, 1.165) is 56.0 Å². The maximum atomic E-state index is 13.5. The van der Waals surface area contributed by atoms with Crippen molar-refractivity contribution in [2.24, 2.45) is 0 Å². The van der Waals surface area contributed by atoms with Gasteiger partial charge in [0.2, 0.25) is 0 Å². The van der Waals surface area contributed by atoms with Crippen molar-refractivity contribution in [2.75, 3.05) is 45.9 Å². The lowest BCUT2D eigenvalue weighted by molar-refractivity contribution is 0.0297. The molecule has 3 aliphatic rings.